The van der Waals surface area contributed by atoms with Crippen LogP contribution < -0.4 is 0 Å². The molecule has 0 aliphatic carbocycles. The minimum atomic E-state index is 0. The van der Waals surface area contributed by atoms with E-state index in [4.69, 9.17) is 0 Å². The van der Waals surface area contributed by atoms with Gasteiger partial charge in [-0.3, -0.25) is 0 Å². The van der Waals surface area contributed by atoms with Crippen LogP contribution in [0.5, 0.6) is 0 Å². The average Bonchev–Trinajstić information content (AvgIpc) is 1.81. The molecule has 0 aromatic rings. The van der Waals surface area contributed by atoms with Crippen LogP contribution in [0.1, 0.15) is 13.3 Å². The Kier molecular flexibility index (Phi) is 13.8. The van der Waals surface area contributed by atoms with Crippen molar-refractivity contribution in [2.75, 3.05) is 0 Å². The molecule has 0 aliphatic heterocycles. The summed E-state index contributed by atoms with van der Waals surface area (Å²) in [6.45, 7) is 5.65. The molecule has 0 atom stereocenters. The fourth-order valence-electron chi connectivity index (χ4n) is 0.357. The van der Waals surface area contributed by atoms with Gasteiger partial charge < -0.3 is 0 Å². The maximum Gasteiger partial charge on any atom is 0 e. The fraction of sp³-hybridized carbons (Fsp3) is 0.250. The molecule has 0 bridgehead atoms. The normalized spacial score (nSPS) is 9.89. The molecule has 0 aromatic carbocycles. The first kappa shape index (κ1) is 11.6. The summed E-state index contributed by atoms with van der Waals surface area (Å²) in [5, 5.41) is 0. The Morgan fingerprint density at radius 1 is 1.22 bits per heavy atom. The van der Waals surface area contributed by atoms with Gasteiger partial charge >= 0.3 is 0 Å². The molecule has 0 aliphatic rings. The maximum absolute atomic E-state index is 3.54. The van der Waals surface area contributed by atoms with Crippen molar-refractivity contribution in [2.45, 2.75) is 13.3 Å². The Morgan fingerprint density at radius 2 is 1.89 bits per heavy atom. The van der Waals surface area contributed by atoms with Crippen LogP contribution in [-0.2, 0) is 0 Å². The zero-order chi connectivity index (χ0) is 6.24. The summed E-state index contributed by atoms with van der Waals surface area (Å²) in [5.41, 5.74) is 0. The second-order valence-corrected chi connectivity index (χ2v) is 1.46. The molecule has 0 nitrogen and oxygen atoms in total. The second-order valence-electron chi connectivity index (χ2n) is 1.46. The third kappa shape index (κ3) is 11.4. The molecule has 0 saturated carbocycles. The van der Waals surface area contributed by atoms with Gasteiger partial charge in [0, 0.05) is 18.9 Å². The monoisotopic (exact) mass is 115 g/mol. The Morgan fingerprint density at radius 3 is 2.33 bits per heavy atom. The summed E-state index contributed by atoms with van der Waals surface area (Å²) in [4.78, 5) is 0. The van der Waals surface area contributed by atoms with Crippen LogP contribution in [0.25, 0.3) is 0 Å². The first-order valence-electron chi connectivity index (χ1n) is 2.86. The Balaban J connectivity index is 0. The van der Waals surface area contributed by atoms with Crippen molar-refractivity contribution in [2.24, 2.45) is 0 Å². The molecule has 9 heavy (non-hydrogen) atoms. The Hall–Kier alpha value is -0.183. The van der Waals surface area contributed by atoms with Crippen LogP contribution in [0.4, 0.5) is 0 Å². The van der Waals surface area contributed by atoms with Crippen molar-refractivity contribution in [1.82, 2.24) is 0 Å². The minimum Gasteiger partial charge on any atom is -0.0991 e. The summed E-state index contributed by atoms with van der Waals surface area (Å²) in [6.07, 6.45) is 10.9. The van der Waals surface area contributed by atoms with Gasteiger partial charge in [-0.15, -0.1) is 0 Å². The van der Waals surface area contributed by atoms with Gasteiger partial charge in [-0.2, -0.15) is 0 Å². The summed E-state index contributed by atoms with van der Waals surface area (Å²) in [7, 11) is 0. The van der Waals surface area contributed by atoms with Crippen molar-refractivity contribution in [3.05, 3.63) is 37.0 Å². The third-order valence-corrected chi connectivity index (χ3v) is 0.730. The largest absolute Gasteiger partial charge is 0.0991 e. The van der Waals surface area contributed by atoms with Crippen LogP contribution in [0, 0.1) is 0 Å². The molecule has 1 radical (unpaired) electrons. The SMILES string of the molecule is C=CC=CC=CCC.[Li]. The molecule has 1 heteroatoms. The topological polar surface area (TPSA) is 0 Å². The molecule has 0 heterocycles. The van der Waals surface area contributed by atoms with E-state index in [1.54, 1.807) is 6.08 Å². The Labute approximate surface area is 69.5 Å². The van der Waals surface area contributed by atoms with Crippen LogP contribution in [-0.4, -0.2) is 18.9 Å². The van der Waals surface area contributed by atoms with E-state index in [0.29, 0.717) is 0 Å². The molecular weight excluding hydrogens is 103 g/mol. The third-order valence-electron chi connectivity index (χ3n) is 0.730. The molecule has 0 spiro atoms. The van der Waals surface area contributed by atoms with Gasteiger partial charge in [-0.05, 0) is 6.42 Å². The average molecular weight is 115 g/mol. The number of allylic oxidation sites excluding steroid dienone is 5. The molecule has 0 fully saturated rings. The van der Waals surface area contributed by atoms with Crippen molar-refractivity contribution < 1.29 is 0 Å². The molecule has 0 amide bonds. The van der Waals surface area contributed by atoms with E-state index in [9.17, 15) is 0 Å². The molecule has 0 N–H and O–H groups in total. The van der Waals surface area contributed by atoms with E-state index in [2.05, 4.69) is 19.6 Å². The van der Waals surface area contributed by atoms with Crippen LogP contribution >= 0.6 is 0 Å². The van der Waals surface area contributed by atoms with Gasteiger partial charge in [0.15, 0.2) is 0 Å². The zero-order valence-corrected chi connectivity index (χ0v) is 6.30. The van der Waals surface area contributed by atoms with E-state index >= 15 is 0 Å². The van der Waals surface area contributed by atoms with E-state index in [-0.39, 0.29) is 18.9 Å². The van der Waals surface area contributed by atoms with Crippen LogP contribution in [0.2, 0.25) is 0 Å². The number of hydrogen-bond donors (Lipinski definition) is 0. The minimum absolute atomic E-state index is 0. The van der Waals surface area contributed by atoms with Crippen molar-refractivity contribution >= 4 is 18.9 Å². The zero-order valence-electron chi connectivity index (χ0n) is 6.30. The van der Waals surface area contributed by atoms with Gasteiger partial charge in [0.05, 0.1) is 0 Å². The first-order valence-corrected chi connectivity index (χ1v) is 2.86. The molecular formula is C8H12Li. The fourth-order valence-corrected chi connectivity index (χ4v) is 0.357. The molecule has 0 unspecified atom stereocenters. The van der Waals surface area contributed by atoms with Crippen LogP contribution in [0.15, 0.2) is 37.0 Å². The Bertz CT molecular complexity index is 101. The standard InChI is InChI=1S/C8H12.Li/c1-3-5-7-8-6-4-2;/h3,5-8H,1,4H2,2H3;. The van der Waals surface area contributed by atoms with Crippen molar-refractivity contribution in [3.8, 4) is 0 Å². The maximum atomic E-state index is 3.54. The smallest absolute Gasteiger partial charge is 0 e. The van der Waals surface area contributed by atoms with Gasteiger partial charge in [-0.25, -0.2) is 0 Å². The van der Waals surface area contributed by atoms with E-state index in [1.807, 2.05) is 18.2 Å². The predicted molar refractivity (Wildman–Crippen MR) is 44.5 cm³/mol. The molecule has 0 aromatic heterocycles. The van der Waals surface area contributed by atoms with E-state index in [0.717, 1.165) is 6.42 Å². The van der Waals surface area contributed by atoms with Gasteiger partial charge in [0.25, 0.3) is 0 Å². The summed E-state index contributed by atoms with van der Waals surface area (Å²) in [6, 6.07) is 0. The summed E-state index contributed by atoms with van der Waals surface area (Å²) in [5.74, 6) is 0. The molecule has 0 rings (SSSR count). The van der Waals surface area contributed by atoms with E-state index in [1.165, 1.54) is 0 Å². The molecule has 0 saturated heterocycles. The van der Waals surface area contributed by atoms with Gasteiger partial charge in [-0.1, -0.05) is 43.9 Å². The van der Waals surface area contributed by atoms with E-state index < -0.39 is 0 Å². The van der Waals surface area contributed by atoms with Crippen molar-refractivity contribution in [1.29, 1.82) is 0 Å². The van der Waals surface area contributed by atoms with Crippen molar-refractivity contribution in [3.63, 3.8) is 0 Å². The quantitative estimate of drug-likeness (QED) is 0.391. The molecule has 45 valence electrons. The van der Waals surface area contributed by atoms with Crippen LogP contribution in [0.3, 0.4) is 0 Å². The van der Waals surface area contributed by atoms with Gasteiger partial charge in [0.1, 0.15) is 0 Å². The summed E-state index contributed by atoms with van der Waals surface area (Å²) >= 11 is 0. The number of hydrogen-bond acceptors (Lipinski definition) is 0. The first-order chi connectivity index (χ1) is 3.91. The summed E-state index contributed by atoms with van der Waals surface area (Å²) < 4.78 is 0. The second kappa shape index (κ2) is 10.7. The van der Waals surface area contributed by atoms with Gasteiger partial charge in [0.2, 0.25) is 0 Å². The predicted octanol–water partition coefficient (Wildman–Crippen LogP) is 2.31. The number of rotatable bonds is 3.